The fourth-order valence-corrected chi connectivity index (χ4v) is 3.12. The Morgan fingerprint density at radius 1 is 1.29 bits per heavy atom. The number of aromatic nitrogens is 3. The summed E-state index contributed by atoms with van der Waals surface area (Å²) in [6.07, 6.45) is 4.28. The largest absolute Gasteiger partial charge is 0.481 e. The first-order chi connectivity index (χ1) is 11.6. The second-order valence-corrected chi connectivity index (χ2v) is 6.23. The van der Waals surface area contributed by atoms with Gasteiger partial charge >= 0.3 is 5.97 Å². The monoisotopic (exact) mass is 326 g/mol. The highest BCUT2D eigenvalue weighted by Crippen LogP contribution is 2.29. The number of rotatable bonds is 5. The number of hydrogen-bond acceptors (Lipinski definition) is 5. The minimum atomic E-state index is -0.782. The van der Waals surface area contributed by atoms with E-state index >= 15 is 0 Å². The second-order valence-electron chi connectivity index (χ2n) is 6.23. The maximum absolute atomic E-state index is 10.7. The van der Waals surface area contributed by atoms with Crippen molar-refractivity contribution >= 4 is 11.8 Å². The molecule has 3 rings (SSSR count). The van der Waals surface area contributed by atoms with Gasteiger partial charge in [0, 0.05) is 48.6 Å². The van der Waals surface area contributed by atoms with Crippen LogP contribution in [-0.2, 0) is 11.2 Å². The maximum Gasteiger partial charge on any atom is 0.303 e. The molecule has 6 heteroatoms. The molecule has 0 unspecified atom stereocenters. The van der Waals surface area contributed by atoms with Crippen molar-refractivity contribution in [3.05, 3.63) is 47.7 Å². The van der Waals surface area contributed by atoms with Gasteiger partial charge in [0.05, 0.1) is 6.42 Å². The summed E-state index contributed by atoms with van der Waals surface area (Å²) >= 11 is 0. The minimum Gasteiger partial charge on any atom is -0.481 e. The highest BCUT2D eigenvalue weighted by molar-refractivity contribution is 5.66. The second kappa shape index (κ2) is 7.38. The summed E-state index contributed by atoms with van der Waals surface area (Å²) in [5.74, 6) is 0.633. The van der Waals surface area contributed by atoms with Crippen molar-refractivity contribution in [2.45, 2.75) is 38.5 Å². The summed E-state index contributed by atoms with van der Waals surface area (Å²) in [6, 6.07) is 7.97. The number of carboxylic acids is 1. The van der Waals surface area contributed by atoms with E-state index in [0.29, 0.717) is 12.3 Å². The molecule has 2 aromatic rings. The molecular weight excluding hydrogens is 304 g/mol. The van der Waals surface area contributed by atoms with Crippen molar-refractivity contribution < 1.29 is 9.90 Å². The predicted molar refractivity (Wildman–Crippen MR) is 91.2 cm³/mol. The third-order valence-corrected chi connectivity index (χ3v) is 4.45. The van der Waals surface area contributed by atoms with Crippen molar-refractivity contribution in [1.82, 2.24) is 15.0 Å². The van der Waals surface area contributed by atoms with Crippen LogP contribution in [0.3, 0.4) is 0 Å². The number of anilines is 1. The van der Waals surface area contributed by atoms with Gasteiger partial charge in [0.15, 0.2) is 0 Å². The fraction of sp³-hybridized carbons (Fsp3) is 0.444. The molecule has 0 bridgehead atoms. The topological polar surface area (TPSA) is 79.2 Å². The molecule has 1 N–H and O–H groups in total. The van der Waals surface area contributed by atoms with Crippen LogP contribution in [0.2, 0.25) is 0 Å². The summed E-state index contributed by atoms with van der Waals surface area (Å²) in [5.41, 5.74) is 2.93. The van der Waals surface area contributed by atoms with Gasteiger partial charge in [-0.25, -0.2) is 9.97 Å². The molecule has 1 aliphatic rings. The van der Waals surface area contributed by atoms with Crippen LogP contribution in [0.5, 0.6) is 0 Å². The summed E-state index contributed by atoms with van der Waals surface area (Å²) < 4.78 is 0. The molecule has 0 atom stereocenters. The highest BCUT2D eigenvalue weighted by Gasteiger charge is 2.22. The third kappa shape index (κ3) is 4.07. The predicted octanol–water partition coefficient (Wildman–Crippen LogP) is 2.58. The van der Waals surface area contributed by atoms with Gasteiger partial charge < -0.3 is 10.0 Å². The standard InChI is InChI=1S/C18H22N4O2/c1-13-11-17(20-12-19-13)22-9-7-14(8-10-22)16-4-2-3-15(21-16)5-6-18(23)24/h2-4,11-12,14H,5-10H2,1H3,(H,23,24). The van der Waals surface area contributed by atoms with Crippen molar-refractivity contribution in [3.8, 4) is 0 Å². The first kappa shape index (κ1) is 16.4. The zero-order chi connectivity index (χ0) is 16.9. The Kier molecular flexibility index (Phi) is 5.03. The zero-order valence-corrected chi connectivity index (χ0v) is 13.9. The number of aryl methyl sites for hydroxylation is 2. The van der Waals surface area contributed by atoms with Gasteiger partial charge in [-0.2, -0.15) is 0 Å². The molecule has 1 aliphatic heterocycles. The quantitative estimate of drug-likeness (QED) is 0.910. The average Bonchev–Trinajstić information content (AvgIpc) is 2.60. The Hall–Kier alpha value is -2.50. The molecule has 0 spiro atoms. The summed E-state index contributed by atoms with van der Waals surface area (Å²) in [6.45, 7) is 3.87. The van der Waals surface area contributed by atoms with E-state index < -0.39 is 5.97 Å². The van der Waals surface area contributed by atoms with Crippen LogP contribution < -0.4 is 4.90 Å². The number of hydrogen-bond donors (Lipinski definition) is 1. The van der Waals surface area contributed by atoms with Crippen LogP contribution in [0, 0.1) is 6.92 Å². The molecule has 126 valence electrons. The number of nitrogens with zero attached hydrogens (tertiary/aromatic N) is 4. The Labute approximate surface area is 141 Å². The van der Waals surface area contributed by atoms with Crippen LogP contribution in [0.15, 0.2) is 30.6 Å². The molecule has 0 radical (unpaired) electrons. The molecule has 6 nitrogen and oxygen atoms in total. The lowest BCUT2D eigenvalue weighted by Gasteiger charge is -2.32. The Bertz CT molecular complexity index is 712. The van der Waals surface area contributed by atoms with E-state index in [1.807, 2.05) is 25.1 Å². The smallest absolute Gasteiger partial charge is 0.303 e. The van der Waals surface area contributed by atoms with E-state index in [-0.39, 0.29) is 6.42 Å². The molecule has 1 saturated heterocycles. The molecule has 1 fully saturated rings. The van der Waals surface area contributed by atoms with Crippen molar-refractivity contribution in [1.29, 1.82) is 0 Å². The third-order valence-electron chi connectivity index (χ3n) is 4.45. The Morgan fingerprint density at radius 2 is 2.08 bits per heavy atom. The lowest BCUT2D eigenvalue weighted by molar-refractivity contribution is -0.136. The maximum atomic E-state index is 10.7. The van der Waals surface area contributed by atoms with E-state index in [0.717, 1.165) is 48.8 Å². The van der Waals surface area contributed by atoms with E-state index in [9.17, 15) is 4.79 Å². The van der Waals surface area contributed by atoms with Gasteiger partial charge in [-0.3, -0.25) is 9.78 Å². The van der Waals surface area contributed by atoms with Gasteiger partial charge in [0.1, 0.15) is 12.1 Å². The van der Waals surface area contributed by atoms with Crippen LogP contribution in [0.1, 0.15) is 42.3 Å². The molecule has 0 amide bonds. The van der Waals surface area contributed by atoms with E-state index in [1.54, 1.807) is 6.33 Å². The van der Waals surface area contributed by atoms with Gasteiger partial charge in [-0.1, -0.05) is 6.07 Å². The number of carboxylic acid groups (broad SMARTS) is 1. The minimum absolute atomic E-state index is 0.127. The van der Waals surface area contributed by atoms with Crippen LogP contribution >= 0.6 is 0 Å². The normalized spacial score (nSPS) is 15.5. The van der Waals surface area contributed by atoms with Gasteiger partial charge in [-0.15, -0.1) is 0 Å². The Morgan fingerprint density at radius 3 is 2.79 bits per heavy atom. The van der Waals surface area contributed by atoms with Crippen molar-refractivity contribution in [2.24, 2.45) is 0 Å². The molecule has 0 saturated carbocycles. The van der Waals surface area contributed by atoms with Crippen molar-refractivity contribution in [3.63, 3.8) is 0 Å². The Balaban J connectivity index is 1.62. The molecule has 2 aromatic heterocycles. The van der Waals surface area contributed by atoms with Gasteiger partial charge in [-0.05, 0) is 31.9 Å². The average molecular weight is 326 g/mol. The lowest BCUT2D eigenvalue weighted by atomic mass is 9.92. The van der Waals surface area contributed by atoms with Crippen LogP contribution in [0.4, 0.5) is 5.82 Å². The zero-order valence-electron chi connectivity index (χ0n) is 13.9. The number of pyridine rings is 1. The van der Waals surface area contributed by atoms with E-state index in [1.165, 1.54) is 0 Å². The van der Waals surface area contributed by atoms with Crippen LogP contribution in [0.25, 0.3) is 0 Å². The summed E-state index contributed by atoms with van der Waals surface area (Å²) in [4.78, 5) is 26.2. The van der Waals surface area contributed by atoms with Crippen molar-refractivity contribution in [2.75, 3.05) is 18.0 Å². The molecule has 3 heterocycles. The number of carbonyl (C=O) groups is 1. The fourth-order valence-electron chi connectivity index (χ4n) is 3.12. The molecule has 24 heavy (non-hydrogen) atoms. The lowest BCUT2D eigenvalue weighted by Crippen LogP contribution is -2.33. The molecule has 0 aliphatic carbocycles. The number of piperidine rings is 1. The first-order valence-electron chi connectivity index (χ1n) is 8.33. The molecular formula is C18H22N4O2. The van der Waals surface area contributed by atoms with Gasteiger partial charge in [0.2, 0.25) is 0 Å². The summed E-state index contributed by atoms with van der Waals surface area (Å²) in [7, 11) is 0. The SMILES string of the molecule is Cc1cc(N2CCC(c3cccc(CCC(=O)O)n3)CC2)ncn1. The first-order valence-corrected chi connectivity index (χ1v) is 8.33. The number of aliphatic carboxylic acids is 1. The van der Waals surface area contributed by atoms with Gasteiger partial charge in [0.25, 0.3) is 0 Å². The van der Waals surface area contributed by atoms with Crippen LogP contribution in [-0.4, -0.2) is 39.1 Å². The van der Waals surface area contributed by atoms with E-state index in [2.05, 4.69) is 25.9 Å². The summed E-state index contributed by atoms with van der Waals surface area (Å²) in [5, 5.41) is 8.81. The molecule has 0 aromatic carbocycles. The van der Waals surface area contributed by atoms with E-state index in [4.69, 9.17) is 5.11 Å². The highest BCUT2D eigenvalue weighted by atomic mass is 16.4.